The summed E-state index contributed by atoms with van der Waals surface area (Å²) >= 11 is 12.2. The van der Waals surface area contributed by atoms with E-state index in [0.717, 1.165) is 18.4 Å². The van der Waals surface area contributed by atoms with Gasteiger partial charge >= 0.3 is 0 Å². The van der Waals surface area contributed by atoms with Crippen LogP contribution in [-0.4, -0.2) is 10.7 Å². The number of hydrogen-bond donors (Lipinski definition) is 1. The minimum Gasteiger partial charge on any atom is -0.390 e. The summed E-state index contributed by atoms with van der Waals surface area (Å²) in [5.74, 6) is 0.892. The fourth-order valence-electron chi connectivity index (χ4n) is 2.78. The molecule has 0 atom stereocenters. The van der Waals surface area contributed by atoms with Gasteiger partial charge in [-0.05, 0) is 48.4 Å². The first-order valence-electron chi connectivity index (χ1n) is 6.88. The number of benzene rings is 1. The van der Waals surface area contributed by atoms with Crippen LogP contribution in [0.4, 0.5) is 0 Å². The van der Waals surface area contributed by atoms with Gasteiger partial charge in [0, 0.05) is 16.5 Å². The lowest BCUT2D eigenvalue weighted by Gasteiger charge is -2.32. The number of hydrogen-bond acceptors (Lipinski definition) is 1. The van der Waals surface area contributed by atoms with Crippen LogP contribution in [0.1, 0.15) is 46.1 Å². The molecule has 1 aromatic rings. The van der Waals surface area contributed by atoms with Crippen molar-refractivity contribution >= 4 is 23.2 Å². The molecule has 0 unspecified atom stereocenters. The van der Waals surface area contributed by atoms with Gasteiger partial charge in [0.1, 0.15) is 0 Å². The average Bonchev–Trinajstić information content (AvgIpc) is 2.20. The summed E-state index contributed by atoms with van der Waals surface area (Å²) in [6, 6.07) is 5.43. The number of aliphatic hydroxyl groups is 1. The van der Waals surface area contributed by atoms with Crippen LogP contribution in [0.25, 0.3) is 0 Å². The van der Waals surface area contributed by atoms with Crippen LogP contribution in [0.15, 0.2) is 18.2 Å². The maximum atomic E-state index is 10.9. The molecule has 1 N–H and O–H groups in total. The van der Waals surface area contributed by atoms with Crippen LogP contribution < -0.4 is 0 Å². The first-order chi connectivity index (χ1) is 8.72. The van der Waals surface area contributed by atoms with E-state index in [4.69, 9.17) is 23.2 Å². The molecule has 0 bridgehead atoms. The first kappa shape index (κ1) is 16.8. The highest BCUT2D eigenvalue weighted by Gasteiger charge is 2.30. The molecule has 0 aliphatic heterocycles. The predicted molar refractivity (Wildman–Crippen MR) is 84.0 cm³/mol. The Kier molecular flexibility index (Phi) is 6.16. The largest absolute Gasteiger partial charge is 0.390 e. The average molecular weight is 303 g/mol. The Labute approximate surface area is 126 Å². The van der Waals surface area contributed by atoms with Gasteiger partial charge in [-0.1, -0.05) is 50.9 Å². The SMILES string of the molecule is CC(C)CC(O)(Cc1cc(Cl)ccc1Cl)CC(C)C. The lowest BCUT2D eigenvalue weighted by molar-refractivity contribution is 0.000763. The lowest BCUT2D eigenvalue weighted by atomic mass is 9.80. The summed E-state index contributed by atoms with van der Waals surface area (Å²) in [5, 5.41) is 12.3. The highest BCUT2D eigenvalue weighted by molar-refractivity contribution is 6.33. The van der Waals surface area contributed by atoms with Crippen LogP contribution in [-0.2, 0) is 6.42 Å². The zero-order valence-corrected chi connectivity index (χ0v) is 13.7. The quantitative estimate of drug-likeness (QED) is 0.750. The Bertz CT molecular complexity index is 403. The molecule has 0 saturated heterocycles. The molecule has 0 spiro atoms. The second kappa shape index (κ2) is 6.97. The van der Waals surface area contributed by atoms with Crippen molar-refractivity contribution in [2.75, 3.05) is 0 Å². The predicted octanol–water partition coefficient (Wildman–Crippen LogP) is 5.36. The third-order valence-corrected chi connectivity index (χ3v) is 3.71. The fourth-order valence-corrected chi connectivity index (χ4v) is 3.16. The molecular weight excluding hydrogens is 279 g/mol. The second-order valence-corrected chi connectivity index (χ2v) is 7.18. The maximum absolute atomic E-state index is 10.9. The van der Waals surface area contributed by atoms with E-state index in [1.54, 1.807) is 12.1 Å². The van der Waals surface area contributed by atoms with Crippen LogP contribution >= 0.6 is 23.2 Å². The smallest absolute Gasteiger partial charge is 0.0693 e. The summed E-state index contributed by atoms with van der Waals surface area (Å²) < 4.78 is 0. The van der Waals surface area contributed by atoms with E-state index in [-0.39, 0.29) is 0 Å². The van der Waals surface area contributed by atoms with Crippen LogP contribution in [0, 0.1) is 11.8 Å². The van der Waals surface area contributed by atoms with E-state index in [2.05, 4.69) is 27.7 Å². The minimum atomic E-state index is -0.712. The van der Waals surface area contributed by atoms with E-state index in [9.17, 15) is 5.11 Å². The summed E-state index contributed by atoms with van der Waals surface area (Å²) in [6.45, 7) is 8.52. The van der Waals surface area contributed by atoms with Gasteiger partial charge in [0.25, 0.3) is 0 Å². The van der Waals surface area contributed by atoms with Gasteiger partial charge in [-0.2, -0.15) is 0 Å². The molecule has 0 amide bonds. The van der Waals surface area contributed by atoms with Crippen LogP contribution in [0.5, 0.6) is 0 Å². The normalized spacial score (nSPS) is 12.5. The third-order valence-electron chi connectivity index (χ3n) is 3.10. The van der Waals surface area contributed by atoms with Crippen LogP contribution in [0.2, 0.25) is 10.0 Å². The number of rotatable bonds is 6. The van der Waals surface area contributed by atoms with Gasteiger partial charge in [0.05, 0.1) is 5.60 Å². The molecular formula is C16H24Cl2O. The summed E-state index contributed by atoms with van der Waals surface area (Å²) in [6.07, 6.45) is 2.10. The van der Waals surface area contributed by atoms with Crippen molar-refractivity contribution in [3.63, 3.8) is 0 Å². The summed E-state index contributed by atoms with van der Waals surface area (Å²) in [7, 11) is 0. The molecule has 1 nitrogen and oxygen atoms in total. The molecule has 0 heterocycles. The summed E-state index contributed by atoms with van der Waals surface area (Å²) in [4.78, 5) is 0. The molecule has 1 rings (SSSR count). The molecule has 108 valence electrons. The van der Waals surface area contributed by atoms with Gasteiger partial charge in [0.15, 0.2) is 0 Å². The van der Waals surface area contributed by atoms with Gasteiger partial charge in [-0.15, -0.1) is 0 Å². The minimum absolute atomic E-state index is 0.446. The number of halogens is 2. The van der Waals surface area contributed by atoms with Gasteiger partial charge in [-0.3, -0.25) is 0 Å². The molecule has 0 aliphatic carbocycles. The lowest BCUT2D eigenvalue weighted by Crippen LogP contribution is -2.35. The standard InChI is InChI=1S/C16H24Cl2O/c1-11(2)8-16(19,9-12(3)4)10-13-7-14(17)5-6-15(13)18/h5-7,11-12,19H,8-10H2,1-4H3. The molecule has 0 saturated carbocycles. The van der Waals surface area contributed by atoms with Crippen LogP contribution in [0.3, 0.4) is 0 Å². The van der Waals surface area contributed by atoms with Crippen molar-refractivity contribution in [1.82, 2.24) is 0 Å². The monoisotopic (exact) mass is 302 g/mol. The van der Waals surface area contributed by atoms with E-state index in [1.807, 2.05) is 6.07 Å². The Morgan fingerprint density at radius 1 is 1.05 bits per heavy atom. The molecule has 0 fully saturated rings. The zero-order valence-electron chi connectivity index (χ0n) is 12.2. The van der Waals surface area contributed by atoms with E-state index < -0.39 is 5.60 Å². The molecule has 19 heavy (non-hydrogen) atoms. The van der Waals surface area contributed by atoms with Crippen molar-refractivity contribution in [3.8, 4) is 0 Å². The Hall–Kier alpha value is -0.240. The highest BCUT2D eigenvalue weighted by atomic mass is 35.5. The maximum Gasteiger partial charge on any atom is 0.0693 e. The van der Waals surface area contributed by atoms with Gasteiger partial charge < -0.3 is 5.11 Å². The Morgan fingerprint density at radius 2 is 1.58 bits per heavy atom. The van der Waals surface area contributed by atoms with E-state index in [0.29, 0.717) is 28.3 Å². The molecule has 0 aromatic heterocycles. The van der Waals surface area contributed by atoms with Crippen molar-refractivity contribution in [1.29, 1.82) is 0 Å². The van der Waals surface area contributed by atoms with Crippen molar-refractivity contribution < 1.29 is 5.11 Å². The topological polar surface area (TPSA) is 20.2 Å². The summed E-state index contributed by atoms with van der Waals surface area (Å²) in [5.41, 5.74) is 0.217. The first-order valence-corrected chi connectivity index (χ1v) is 7.64. The zero-order chi connectivity index (χ0) is 14.6. The van der Waals surface area contributed by atoms with Crippen molar-refractivity contribution in [2.45, 2.75) is 52.6 Å². The Balaban J connectivity index is 2.96. The van der Waals surface area contributed by atoms with Gasteiger partial charge in [0.2, 0.25) is 0 Å². The Morgan fingerprint density at radius 3 is 2.05 bits per heavy atom. The fraction of sp³-hybridized carbons (Fsp3) is 0.625. The molecule has 0 aliphatic rings. The second-order valence-electron chi connectivity index (χ2n) is 6.33. The van der Waals surface area contributed by atoms with Crippen molar-refractivity contribution in [3.05, 3.63) is 33.8 Å². The van der Waals surface area contributed by atoms with E-state index in [1.165, 1.54) is 0 Å². The van der Waals surface area contributed by atoms with Crippen molar-refractivity contribution in [2.24, 2.45) is 11.8 Å². The highest BCUT2D eigenvalue weighted by Crippen LogP contribution is 2.32. The third kappa shape index (κ3) is 5.72. The van der Waals surface area contributed by atoms with E-state index >= 15 is 0 Å². The molecule has 0 radical (unpaired) electrons. The molecule has 1 aromatic carbocycles. The van der Waals surface area contributed by atoms with Gasteiger partial charge in [-0.25, -0.2) is 0 Å². The molecule has 3 heteroatoms.